The molecule has 1 unspecified atom stereocenters. The highest BCUT2D eigenvalue weighted by molar-refractivity contribution is 6.06. The van der Waals surface area contributed by atoms with E-state index in [9.17, 15) is 4.79 Å². The molecule has 0 radical (unpaired) electrons. The molecule has 2 N–H and O–H groups in total. The van der Waals surface area contributed by atoms with E-state index in [1.54, 1.807) is 0 Å². The minimum atomic E-state index is -0.0339. The SMILES string of the molecule is CC(C)CN=C1NC(=O)C(C2CCCC2)N1. The van der Waals surface area contributed by atoms with Crippen molar-refractivity contribution in [1.82, 2.24) is 10.6 Å². The fraction of sp³-hybridized carbons (Fsp3) is 0.833. The third-order valence-corrected chi connectivity index (χ3v) is 3.30. The summed E-state index contributed by atoms with van der Waals surface area (Å²) in [7, 11) is 0. The highest BCUT2D eigenvalue weighted by Gasteiger charge is 2.36. The molecule has 0 bridgehead atoms. The van der Waals surface area contributed by atoms with Gasteiger partial charge in [0.2, 0.25) is 5.91 Å². The minimum Gasteiger partial charge on any atom is -0.344 e. The van der Waals surface area contributed by atoms with E-state index in [4.69, 9.17) is 0 Å². The summed E-state index contributed by atoms with van der Waals surface area (Å²) >= 11 is 0. The first-order valence-electron chi connectivity index (χ1n) is 6.28. The second-order valence-corrected chi connectivity index (χ2v) is 5.24. The van der Waals surface area contributed by atoms with Crippen LogP contribution >= 0.6 is 0 Å². The molecule has 0 aromatic heterocycles. The van der Waals surface area contributed by atoms with Gasteiger partial charge in [-0.2, -0.15) is 0 Å². The van der Waals surface area contributed by atoms with Crippen LogP contribution in [0, 0.1) is 11.8 Å². The van der Waals surface area contributed by atoms with Gasteiger partial charge < -0.3 is 5.32 Å². The summed E-state index contributed by atoms with van der Waals surface area (Å²) in [5.74, 6) is 1.81. The predicted octanol–water partition coefficient (Wildman–Crippen LogP) is 1.28. The lowest BCUT2D eigenvalue weighted by Gasteiger charge is -2.14. The molecule has 0 aromatic rings. The minimum absolute atomic E-state index is 0.0339. The molecule has 1 atom stereocenters. The van der Waals surface area contributed by atoms with Crippen LogP contribution in [0.5, 0.6) is 0 Å². The fourth-order valence-electron chi connectivity index (χ4n) is 2.43. The van der Waals surface area contributed by atoms with E-state index in [0.29, 0.717) is 17.8 Å². The average molecular weight is 223 g/mol. The highest BCUT2D eigenvalue weighted by atomic mass is 16.2. The van der Waals surface area contributed by atoms with Gasteiger partial charge >= 0.3 is 0 Å². The number of carbonyl (C=O) groups excluding carboxylic acids is 1. The van der Waals surface area contributed by atoms with Crippen molar-refractivity contribution in [2.45, 2.75) is 45.6 Å². The summed E-state index contributed by atoms with van der Waals surface area (Å²) in [5.41, 5.74) is 0. The van der Waals surface area contributed by atoms with E-state index in [1.807, 2.05) is 0 Å². The van der Waals surface area contributed by atoms with Crippen LogP contribution in [0.3, 0.4) is 0 Å². The number of carbonyl (C=O) groups is 1. The molecule has 1 saturated heterocycles. The van der Waals surface area contributed by atoms with Gasteiger partial charge in [-0.1, -0.05) is 26.7 Å². The Kier molecular flexibility index (Phi) is 3.46. The van der Waals surface area contributed by atoms with Gasteiger partial charge in [0.25, 0.3) is 0 Å². The summed E-state index contributed by atoms with van der Waals surface area (Å²) in [5, 5.41) is 6.06. The molecule has 0 aromatic carbocycles. The van der Waals surface area contributed by atoms with Gasteiger partial charge in [0.15, 0.2) is 5.96 Å². The topological polar surface area (TPSA) is 53.5 Å². The van der Waals surface area contributed by atoms with Gasteiger partial charge in [0.05, 0.1) is 0 Å². The van der Waals surface area contributed by atoms with E-state index in [2.05, 4.69) is 29.5 Å². The zero-order valence-electron chi connectivity index (χ0n) is 10.1. The van der Waals surface area contributed by atoms with E-state index in [-0.39, 0.29) is 11.9 Å². The summed E-state index contributed by atoms with van der Waals surface area (Å²) in [6.07, 6.45) is 4.86. The number of rotatable bonds is 3. The molecule has 2 fully saturated rings. The fourth-order valence-corrected chi connectivity index (χ4v) is 2.43. The Hall–Kier alpha value is -1.06. The Morgan fingerprint density at radius 1 is 1.38 bits per heavy atom. The van der Waals surface area contributed by atoms with Crippen molar-refractivity contribution in [3.63, 3.8) is 0 Å². The Bertz CT molecular complexity index is 293. The molecule has 1 aliphatic carbocycles. The van der Waals surface area contributed by atoms with Crippen molar-refractivity contribution < 1.29 is 4.79 Å². The first-order valence-corrected chi connectivity index (χ1v) is 6.28. The lowest BCUT2D eigenvalue weighted by atomic mass is 9.99. The molecule has 90 valence electrons. The summed E-state index contributed by atoms with van der Waals surface area (Å²) < 4.78 is 0. The van der Waals surface area contributed by atoms with Crippen LogP contribution in [-0.4, -0.2) is 24.5 Å². The smallest absolute Gasteiger partial charge is 0.249 e. The maximum absolute atomic E-state index is 11.8. The van der Waals surface area contributed by atoms with Crippen LogP contribution in [0.4, 0.5) is 0 Å². The van der Waals surface area contributed by atoms with Gasteiger partial charge in [-0.25, -0.2) is 0 Å². The molecule has 2 rings (SSSR count). The maximum Gasteiger partial charge on any atom is 0.249 e. The Morgan fingerprint density at radius 3 is 2.69 bits per heavy atom. The number of nitrogens with one attached hydrogen (secondary N) is 2. The molecule has 16 heavy (non-hydrogen) atoms. The van der Waals surface area contributed by atoms with Crippen molar-refractivity contribution in [3.05, 3.63) is 0 Å². The van der Waals surface area contributed by atoms with Crippen molar-refractivity contribution in [3.8, 4) is 0 Å². The van der Waals surface area contributed by atoms with Crippen molar-refractivity contribution in [1.29, 1.82) is 0 Å². The van der Waals surface area contributed by atoms with Crippen LogP contribution in [0.2, 0.25) is 0 Å². The van der Waals surface area contributed by atoms with Gasteiger partial charge in [0, 0.05) is 6.54 Å². The van der Waals surface area contributed by atoms with Crippen molar-refractivity contribution >= 4 is 11.9 Å². The quantitative estimate of drug-likeness (QED) is 0.757. The standard InChI is InChI=1S/C12H21N3O/c1-8(2)7-13-12-14-10(11(16)15-12)9-5-3-4-6-9/h8-10H,3-7H2,1-2H3,(H2,13,14,15,16). The first-order chi connectivity index (χ1) is 7.66. The lowest BCUT2D eigenvalue weighted by molar-refractivity contribution is -0.121. The highest BCUT2D eigenvalue weighted by Crippen LogP contribution is 2.28. The molecule has 2 aliphatic rings. The molecule has 1 heterocycles. The van der Waals surface area contributed by atoms with Gasteiger partial charge in [0.1, 0.15) is 6.04 Å². The summed E-state index contributed by atoms with van der Waals surface area (Å²) in [6, 6.07) is -0.0339. The van der Waals surface area contributed by atoms with E-state index in [1.165, 1.54) is 25.7 Å². The van der Waals surface area contributed by atoms with E-state index < -0.39 is 0 Å². The number of aliphatic imine (C=N–C) groups is 1. The van der Waals surface area contributed by atoms with Crippen LogP contribution < -0.4 is 10.6 Å². The van der Waals surface area contributed by atoms with Crippen LogP contribution in [-0.2, 0) is 4.79 Å². The van der Waals surface area contributed by atoms with E-state index in [0.717, 1.165) is 6.54 Å². The van der Waals surface area contributed by atoms with Crippen molar-refractivity contribution in [2.24, 2.45) is 16.8 Å². The van der Waals surface area contributed by atoms with Crippen LogP contribution in [0.1, 0.15) is 39.5 Å². The number of guanidine groups is 1. The van der Waals surface area contributed by atoms with Crippen LogP contribution in [0.25, 0.3) is 0 Å². The second-order valence-electron chi connectivity index (χ2n) is 5.24. The molecular formula is C12H21N3O. The van der Waals surface area contributed by atoms with Gasteiger partial charge in [-0.3, -0.25) is 15.1 Å². The summed E-state index contributed by atoms with van der Waals surface area (Å²) in [6.45, 7) is 5.00. The first kappa shape index (κ1) is 11.4. The Balaban J connectivity index is 1.93. The van der Waals surface area contributed by atoms with E-state index >= 15 is 0 Å². The van der Waals surface area contributed by atoms with Crippen molar-refractivity contribution in [2.75, 3.05) is 6.54 Å². The van der Waals surface area contributed by atoms with Gasteiger partial charge in [-0.05, 0) is 24.7 Å². The number of hydrogen-bond donors (Lipinski definition) is 2. The molecular weight excluding hydrogens is 202 g/mol. The monoisotopic (exact) mass is 223 g/mol. The lowest BCUT2D eigenvalue weighted by Crippen LogP contribution is -2.35. The summed E-state index contributed by atoms with van der Waals surface area (Å²) in [4.78, 5) is 16.1. The Morgan fingerprint density at radius 2 is 2.06 bits per heavy atom. The molecule has 1 amide bonds. The molecule has 1 saturated carbocycles. The number of nitrogens with zero attached hydrogens (tertiary/aromatic N) is 1. The average Bonchev–Trinajstić information content (AvgIpc) is 2.83. The zero-order chi connectivity index (χ0) is 11.5. The zero-order valence-corrected chi connectivity index (χ0v) is 10.1. The normalized spacial score (nSPS) is 28.8. The number of hydrogen-bond acceptors (Lipinski definition) is 2. The maximum atomic E-state index is 11.8. The third-order valence-electron chi connectivity index (χ3n) is 3.30. The number of amides is 1. The molecule has 0 spiro atoms. The van der Waals surface area contributed by atoms with Crippen LogP contribution in [0.15, 0.2) is 4.99 Å². The van der Waals surface area contributed by atoms with Gasteiger partial charge in [-0.15, -0.1) is 0 Å². The third kappa shape index (κ3) is 2.54. The molecule has 4 nitrogen and oxygen atoms in total. The molecule has 4 heteroatoms. The Labute approximate surface area is 96.9 Å². The largest absolute Gasteiger partial charge is 0.344 e. The second kappa shape index (κ2) is 4.85. The predicted molar refractivity (Wildman–Crippen MR) is 64.2 cm³/mol. The molecule has 1 aliphatic heterocycles.